The Morgan fingerprint density at radius 1 is 0.880 bits per heavy atom. The molecule has 2 aromatic carbocycles. The lowest BCUT2D eigenvalue weighted by Gasteiger charge is -2.23. The Balaban J connectivity index is 2.03. The van der Waals surface area contributed by atoms with Gasteiger partial charge in [-0.05, 0) is 48.5 Å². The normalized spacial score (nSPS) is 10.4. The van der Waals surface area contributed by atoms with Gasteiger partial charge in [-0.2, -0.15) is 0 Å². The van der Waals surface area contributed by atoms with Crippen molar-refractivity contribution in [2.24, 2.45) is 0 Å². The molecule has 0 aromatic heterocycles. The lowest BCUT2D eigenvalue weighted by atomic mass is 10.2. The van der Waals surface area contributed by atoms with E-state index in [1.54, 1.807) is 12.1 Å². The predicted molar refractivity (Wildman–Crippen MR) is 104 cm³/mol. The molecule has 0 saturated heterocycles. The van der Waals surface area contributed by atoms with E-state index >= 15 is 0 Å². The highest BCUT2D eigenvalue weighted by Crippen LogP contribution is 2.21. The lowest BCUT2D eigenvalue weighted by Crippen LogP contribution is -2.27. The van der Waals surface area contributed by atoms with Gasteiger partial charge < -0.3 is 9.64 Å². The number of carbonyl (C=O) groups is 1. The minimum absolute atomic E-state index is 0.0144. The van der Waals surface area contributed by atoms with Crippen LogP contribution < -0.4 is 14.9 Å². The summed E-state index contributed by atoms with van der Waals surface area (Å²) in [6, 6.07) is 13.0. The molecule has 0 aliphatic heterocycles. The molecular formula is C17H18Br2N2O4. The number of nitrogens with zero attached hydrogens (tertiary/aromatic N) is 2. The number of ether oxygens (including phenoxy) is 1. The number of rotatable bonds is 8. The monoisotopic (exact) mass is 472 g/mol. The Morgan fingerprint density at radius 2 is 1.40 bits per heavy atom. The quantitative estimate of drug-likeness (QED) is 0.260. The fraction of sp³-hybridized carbons (Fsp3) is 0.235. The van der Waals surface area contributed by atoms with Crippen LogP contribution in [0.15, 0.2) is 48.5 Å². The Morgan fingerprint density at radius 3 is 1.88 bits per heavy atom. The van der Waals surface area contributed by atoms with Crippen LogP contribution in [-0.2, 0) is 0 Å². The van der Waals surface area contributed by atoms with Gasteiger partial charge in [0.1, 0.15) is 5.75 Å². The molecule has 0 atom stereocenters. The summed E-state index contributed by atoms with van der Waals surface area (Å²) in [4.78, 5) is 14.3. The minimum Gasteiger partial charge on any atom is -0.423 e. The SMILES string of the molecule is O=C(Oc1ccc(N(CCBr)CCBr)cc1)c1ccc(N(O)O)cc1. The van der Waals surface area contributed by atoms with Crippen LogP contribution in [0.4, 0.5) is 11.4 Å². The minimum atomic E-state index is -0.514. The maximum absolute atomic E-state index is 12.1. The van der Waals surface area contributed by atoms with E-state index in [0.717, 1.165) is 29.4 Å². The summed E-state index contributed by atoms with van der Waals surface area (Å²) < 4.78 is 5.34. The van der Waals surface area contributed by atoms with Crippen LogP contribution in [0.5, 0.6) is 5.75 Å². The van der Waals surface area contributed by atoms with Crippen molar-refractivity contribution in [3.63, 3.8) is 0 Å². The molecular weight excluding hydrogens is 456 g/mol. The van der Waals surface area contributed by atoms with Crippen molar-refractivity contribution in [2.45, 2.75) is 0 Å². The summed E-state index contributed by atoms with van der Waals surface area (Å²) in [5.41, 5.74) is 1.52. The molecule has 0 aliphatic carbocycles. The molecule has 134 valence electrons. The number of carbonyl (C=O) groups excluding carboxylic acids is 1. The number of hydrogen-bond donors (Lipinski definition) is 2. The molecule has 0 saturated carbocycles. The van der Waals surface area contributed by atoms with E-state index in [1.807, 2.05) is 12.1 Å². The zero-order chi connectivity index (χ0) is 18.2. The van der Waals surface area contributed by atoms with E-state index in [0.29, 0.717) is 11.3 Å². The zero-order valence-electron chi connectivity index (χ0n) is 13.3. The molecule has 2 N–H and O–H groups in total. The Hall–Kier alpha value is -1.61. The van der Waals surface area contributed by atoms with Gasteiger partial charge in [0.15, 0.2) is 0 Å². The first-order chi connectivity index (χ1) is 12.0. The van der Waals surface area contributed by atoms with Crippen LogP contribution in [0.3, 0.4) is 0 Å². The third kappa shape index (κ3) is 5.71. The van der Waals surface area contributed by atoms with Gasteiger partial charge in [0.05, 0.1) is 11.3 Å². The van der Waals surface area contributed by atoms with Crippen LogP contribution in [0, 0.1) is 0 Å². The topological polar surface area (TPSA) is 73.2 Å². The molecule has 2 rings (SSSR count). The average molecular weight is 474 g/mol. The van der Waals surface area contributed by atoms with Crippen molar-refractivity contribution in [3.05, 3.63) is 54.1 Å². The standard InChI is InChI=1S/C17H18Br2N2O4/c18-9-11-20(12-10-19)14-5-7-16(8-6-14)25-17(22)13-1-3-15(4-2-13)21(23)24/h1-8,23-24H,9-12H2. The van der Waals surface area contributed by atoms with Crippen LogP contribution in [-0.4, -0.2) is 40.1 Å². The Bertz CT molecular complexity index is 672. The average Bonchev–Trinajstić information content (AvgIpc) is 2.62. The third-order valence-corrected chi connectivity index (χ3v) is 4.16. The van der Waals surface area contributed by atoms with Gasteiger partial charge in [-0.1, -0.05) is 31.9 Å². The molecule has 0 radical (unpaired) electrons. The van der Waals surface area contributed by atoms with Crippen LogP contribution >= 0.6 is 31.9 Å². The molecule has 0 spiro atoms. The van der Waals surface area contributed by atoms with Crippen molar-refractivity contribution in [2.75, 3.05) is 33.9 Å². The maximum atomic E-state index is 12.1. The number of hydrogen-bond acceptors (Lipinski definition) is 6. The first kappa shape index (κ1) is 19.7. The van der Waals surface area contributed by atoms with Crippen molar-refractivity contribution in [1.82, 2.24) is 0 Å². The molecule has 0 aliphatic rings. The number of halogens is 2. The number of esters is 1. The lowest BCUT2D eigenvalue weighted by molar-refractivity contribution is 0.0291. The van der Waals surface area contributed by atoms with E-state index in [2.05, 4.69) is 36.8 Å². The summed E-state index contributed by atoms with van der Waals surface area (Å²) in [6.07, 6.45) is 0. The third-order valence-electron chi connectivity index (χ3n) is 3.46. The largest absolute Gasteiger partial charge is 0.423 e. The fourth-order valence-corrected chi connectivity index (χ4v) is 3.05. The second-order valence-electron chi connectivity index (χ2n) is 5.08. The number of benzene rings is 2. The van der Waals surface area contributed by atoms with E-state index < -0.39 is 5.97 Å². The molecule has 0 heterocycles. The molecule has 0 bridgehead atoms. The van der Waals surface area contributed by atoms with Gasteiger partial charge in [0.25, 0.3) is 0 Å². The Labute approximate surface area is 162 Å². The highest BCUT2D eigenvalue weighted by molar-refractivity contribution is 9.09. The maximum Gasteiger partial charge on any atom is 0.343 e. The summed E-state index contributed by atoms with van der Waals surface area (Å²) in [5, 5.41) is 19.5. The van der Waals surface area contributed by atoms with E-state index in [1.165, 1.54) is 24.3 Å². The molecule has 0 amide bonds. The predicted octanol–water partition coefficient (Wildman–Crippen LogP) is 4.09. The van der Waals surface area contributed by atoms with Crippen LogP contribution in [0.1, 0.15) is 10.4 Å². The van der Waals surface area contributed by atoms with Crippen molar-refractivity contribution < 1.29 is 19.9 Å². The van der Waals surface area contributed by atoms with Crippen LogP contribution in [0.25, 0.3) is 0 Å². The van der Waals surface area contributed by atoms with Gasteiger partial charge >= 0.3 is 5.97 Å². The van der Waals surface area contributed by atoms with Gasteiger partial charge in [0, 0.05) is 29.4 Å². The number of anilines is 2. The zero-order valence-corrected chi connectivity index (χ0v) is 16.5. The summed E-state index contributed by atoms with van der Waals surface area (Å²) in [7, 11) is 0. The second kappa shape index (κ2) is 9.76. The van der Waals surface area contributed by atoms with Gasteiger partial charge in [-0.15, -0.1) is 5.23 Å². The first-order valence-corrected chi connectivity index (χ1v) is 9.76. The molecule has 25 heavy (non-hydrogen) atoms. The molecule has 0 unspecified atom stereocenters. The van der Waals surface area contributed by atoms with Crippen molar-refractivity contribution in [3.8, 4) is 5.75 Å². The van der Waals surface area contributed by atoms with Gasteiger partial charge in [-0.25, -0.2) is 4.79 Å². The molecule has 8 heteroatoms. The van der Waals surface area contributed by atoms with Gasteiger partial charge in [-0.3, -0.25) is 10.4 Å². The summed E-state index contributed by atoms with van der Waals surface area (Å²) in [6.45, 7) is 1.76. The number of alkyl halides is 2. The molecule has 6 nitrogen and oxygen atoms in total. The smallest absolute Gasteiger partial charge is 0.343 e. The van der Waals surface area contributed by atoms with E-state index in [4.69, 9.17) is 15.2 Å². The van der Waals surface area contributed by atoms with Crippen molar-refractivity contribution in [1.29, 1.82) is 0 Å². The Kier molecular flexibility index (Phi) is 7.70. The first-order valence-electron chi connectivity index (χ1n) is 7.52. The molecule has 0 fully saturated rings. The van der Waals surface area contributed by atoms with E-state index in [-0.39, 0.29) is 10.9 Å². The highest BCUT2D eigenvalue weighted by Gasteiger charge is 2.11. The fourth-order valence-electron chi connectivity index (χ4n) is 2.20. The summed E-state index contributed by atoms with van der Waals surface area (Å²) >= 11 is 6.89. The van der Waals surface area contributed by atoms with Crippen LogP contribution in [0.2, 0.25) is 0 Å². The van der Waals surface area contributed by atoms with Crippen molar-refractivity contribution >= 4 is 49.2 Å². The van der Waals surface area contributed by atoms with E-state index in [9.17, 15) is 4.79 Å². The highest BCUT2D eigenvalue weighted by atomic mass is 79.9. The molecule has 2 aromatic rings. The van der Waals surface area contributed by atoms with Gasteiger partial charge in [0.2, 0.25) is 0 Å². The summed E-state index contributed by atoms with van der Waals surface area (Å²) in [5.74, 6) is -0.0686. The second-order valence-corrected chi connectivity index (χ2v) is 6.67.